The van der Waals surface area contributed by atoms with Gasteiger partial charge in [0.05, 0.1) is 25.2 Å². The molecule has 3 nitrogen and oxygen atoms in total. The second-order valence-corrected chi connectivity index (χ2v) is 3.41. The SMILES string of the molecule is CCCC(N)C1(CO)COC1. The molecule has 0 bridgehead atoms. The van der Waals surface area contributed by atoms with Gasteiger partial charge in [0, 0.05) is 6.04 Å². The molecule has 0 saturated carbocycles. The van der Waals surface area contributed by atoms with Crippen LogP contribution in [-0.4, -0.2) is 31.0 Å². The van der Waals surface area contributed by atoms with Crippen LogP contribution in [0.5, 0.6) is 0 Å². The summed E-state index contributed by atoms with van der Waals surface area (Å²) in [6.07, 6.45) is 2.05. The molecule has 1 atom stereocenters. The lowest BCUT2D eigenvalue weighted by atomic mass is 9.78. The van der Waals surface area contributed by atoms with Gasteiger partial charge in [-0.25, -0.2) is 0 Å². The van der Waals surface area contributed by atoms with Gasteiger partial charge in [-0.05, 0) is 6.42 Å². The Bertz CT molecular complexity index is 118. The molecule has 66 valence electrons. The topological polar surface area (TPSA) is 55.5 Å². The lowest BCUT2D eigenvalue weighted by Gasteiger charge is -2.44. The van der Waals surface area contributed by atoms with E-state index in [0.717, 1.165) is 12.8 Å². The summed E-state index contributed by atoms with van der Waals surface area (Å²) in [6.45, 7) is 3.52. The number of hydrogen-bond acceptors (Lipinski definition) is 3. The average molecular weight is 159 g/mol. The van der Waals surface area contributed by atoms with Crippen molar-refractivity contribution in [3.63, 3.8) is 0 Å². The van der Waals surface area contributed by atoms with E-state index < -0.39 is 0 Å². The van der Waals surface area contributed by atoms with Gasteiger partial charge < -0.3 is 15.6 Å². The zero-order chi connectivity index (χ0) is 8.32. The lowest BCUT2D eigenvalue weighted by Crippen LogP contribution is -2.57. The van der Waals surface area contributed by atoms with Crippen molar-refractivity contribution in [3.05, 3.63) is 0 Å². The maximum Gasteiger partial charge on any atom is 0.0582 e. The zero-order valence-corrected chi connectivity index (χ0v) is 7.05. The van der Waals surface area contributed by atoms with Crippen molar-refractivity contribution in [3.8, 4) is 0 Å². The molecule has 0 aromatic carbocycles. The van der Waals surface area contributed by atoms with Crippen LogP contribution in [0.3, 0.4) is 0 Å². The second-order valence-electron chi connectivity index (χ2n) is 3.41. The minimum absolute atomic E-state index is 0.103. The number of nitrogens with two attached hydrogens (primary N) is 1. The maximum atomic E-state index is 9.07. The van der Waals surface area contributed by atoms with Gasteiger partial charge in [0.25, 0.3) is 0 Å². The molecule has 1 heterocycles. The summed E-state index contributed by atoms with van der Waals surface area (Å²) < 4.78 is 5.06. The quantitative estimate of drug-likeness (QED) is 0.612. The molecule has 0 amide bonds. The molecule has 1 unspecified atom stereocenters. The van der Waals surface area contributed by atoms with Crippen LogP contribution in [-0.2, 0) is 4.74 Å². The maximum absolute atomic E-state index is 9.07. The summed E-state index contributed by atoms with van der Waals surface area (Å²) in [5.74, 6) is 0. The van der Waals surface area contributed by atoms with Crippen LogP contribution in [0.2, 0.25) is 0 Å². The standard InChI is InChI=1S/C8H17NO2/c1-2-3-7(9)8(4-10)5-11-6-8/h7,10H,2-6,9H2,1H3. The summed E-state index contributed by atoms with van der Waals surface area (Å²) >= 11 is 0. The van der Waals surface area contributed by atoms with Gasteiger partial charge in [-0.1, -0.05) is 13.3 Å². The van der Waals surface area contributed by atoms with Gasteiger partial charge in [-0.15, -0.1) is 0 Å². The molecule has 0 radical (unpaired) electrons. The third kappa shape index (κ3) is 1.55. The van der Waals surface area contributed by atoms with E-state index in [0.29, 0.717) is 13.2 Å². The van der Waals surface area contributed by atoms with Gasteiger partial charge >= 0.3 is 0 Å². The Kier molecular flexibility index (Phi) is 2.87. The smallest absolute Gasteiger partial charge is 0.0582 e. The summed E-state index contributed by atoms with van der Waals surface area (Å²) in [6, 6.07) is 0.103. The summed E-state index contributed by atoms with van der Waals surface area (Å²) in [4.78, 5) is 0. The number of aliphatic hydroxyl groups excluding tert-OH is 1. The molecule has 0 aliphatic carbocycles. The molecule has 0 aromatic rings. The molecule has 0 aromatic heterocycles. The highest BCUT2D eigenvalue weighted by atomic mass is 16.5. The Morgan fingerprint density at radius 2 is 2.27 bits per heavy atom. The minimum Gasteiger partial charge on any atom is -0.396 e. The van der Waals surface area contributed by atoms with Gasteiger partial charge in [0.1, 0.15) is 0 Å². The largest absolute Gasteiger partial charge is 0.396 e. The van der Waals surface area contributed by atoms with Crippen LogP contribution >= 0.6 is 0 Å². The normalized spacial score (nSPS) is 24.3. The third-order valence-electron chi connectivity index (χ3n) is 2.48. The van der Waals surface area contributed by atoms with Crippen LogP contribution < -0.4 is 5.73 Å². The molecular weight excluding hydrogens is 142 g/mol. The average Bonchev–Trinajstić information content (AvgIpc) is 1.87. The Labute approximate surface area is 67.5 Å². The van der Waals surface area contributed by atoms with Crippen LogP contribution in [0.15, 0.2) is 0 Å². The molecule has 1 aliphatic heterocycles. The number of hydrogen-bond donors (Lipinski definition) is 2. The second kappa shape index (κ2) is 3.52. The fourth-order valence-corrected chi connectivity index (χ4v) is 1.40. The van der Waals surface area contributed by atoms with Crippen LogP contribution in [0.25, 0.3) is 0 Å². The Balaban J connectivity index is 2.40. The van der Waals surface area contributed by atoms with Crippen LogP contribution in [0.4, 0.5) is 0 Å². The first-order chi connectivity index (χ1) is 5.25. The molecule has 1 rings (SSSR count). The van der Waals surface area contributed by atoms with E-state index in [-0.39, 0.29) is 18.1 Å². The first-order valence-corrected chi connectivity index (χ1v) is 4.19. The van der Waals surface area contributed by atoms with Gasteiger partial charge in [0.2, 0.25) is 0 Å². The van der Waals surface area contributed by atoms with E-state index in [1.807, 2.05) is 0 Å². The van der Waals surface area contributed by atoms with E-state index in [9.17, 15) is 0 Å². The molecule has 3 N–H and O–H groups in total. The van der Waals surface area contributed by atoms with Crippen molar-refractivity contribution >= 4 is 0 Å². The van der Waals surface area contributed by atoms with Crippen molar-refractivity contribution in [1.29, 1.82) is 0 Å². The van der Waals surface area contributed by atoms with Crippen molar-refractivity contribution in [2.75, 3.05) is 19.8 Å². The van der Waals surface area contributed by atoms with Gasteiger partial charge in [-0.3, -0.25) is 0 Å². The predicted molar refractivity (Wildman–Crippen MR) is 43.2 cm³/mol. The fraction of sp³-hybridized carbons (Fsp3) is 1.00. The third-order valence-corrected chi connectivity index (χ3v) is 2.48. The molecule has 1 aliphatic rings. The molecular formula is C8H17NO2. The van der Waals surface area contributed by atoms with Gasteiger partial charge in [-0.2, -0.15) is 0 Å². The number of ether oxygens (including phenoxy) is 1. The number of rotatable bonds is 4. The van der Waals surface area contributed by atoms with Crippen LogP contribution in [0.1, 0.15) is 19.8 Å². The molecule has 1 fully saturated rings. The Morgan fingerprint density at radius 1 is 1.64 bits per heavy atom. The highest BCUT2D eigenvalue weighted by Gasteiger charge is 2.42. The first kappa shape index (κ1) is 8.97. The summed E-state index contributed by atoms with van der Waals surface area (Å²) in [5.41, 5.74) is 5.78. The molecule has 1 saturated heterocycles. The monoisotopic (exact) mass is 159 g/mol. The van der Waals surface area contributed by atoms with E-state index in [2.05, 4.69) is 6.92 Å². The van der Waals surface area contributed by atoms with Gasteiger partial charge in [0.15, 0.2) is 0 Å². The highest BCUT2D eigenvalue weighted by molar-refractivity contribution is 4.93. The molecule has 0 spiro atoms. The van der Waals surface area contributed by atoms with E-state index in [1.165, 1.54) is 0 Å². The molecule has 11 heavy (non-hydrogen) atoms. The lowest BCUT2D eigenvalue weighted by molar-refractivity contribution is -0.150. The predicted octanol–water partition coefficient (Wildman–Crippen LogP) is 0.123. The van der Waals surface area contributed by atoms with E-state index >= 15 is 0 Å². The number of aliphatic hydroxyl groups is 1. The summed E-state index contributed by atoms with van der Waals surface area (Å²) in [5, 5.41) is 9.07. The van der Waals surface area contributed by atoms with E-state index in [1.54, 1.807) is 0 Å². The minimum atomic E-state index is -0.115. The fourth-order valence-electron chi connectivity index (χ4n) is 1.40. The van der Waals surface area contributed by atoms with Crippen molar-refractivity contribution in [2.45, 2.75) is 25.8 Å². The van der Waals surface area contributed by atoms with Crippen molar-refractivity contribution in [1.82, 2.24) is 0 Å². The summed E-state index contributed by atoms with van der Waals surface area (Å²) in [7, 11) is 0. The Morgan fingerprint density at radius 3 is 2.55 bits per heavy atom. The molecule has 3 heteroatoms. The first-order valence-electron chi connectivity index (χ1n) is 4.19. The zero-order valence-electron chi connectivity index (χ0n) is 7.05. The van der Waals surface area contributed by atoms with Crippen molar-refractivity contribution < 1.29 is 9.84 Å². The highest BCUT2D eigenvalue weighted by Crippen LogP contribution is 2.31. The van der Waals surface area contributed by atoms with E-state index in [4.69, 9.17) is 15.6 Å². The van der Waals surface area contributed by atoms with Crippen LogP contribution in [0, 0.1) is 5.41 Å². The Hall–Kier alpha value is -0.120. The van der Waals surface area contributed by atoms with Crippen molar-refractivity contribution in [2.24, 2.45) is 11.1 Å².